The van der Waals surface area contributed by atoms with E-state index in [-0.39, 0.29) is 34.8 Å². The molecule has 0 saturated carbocycles. The summed E-state index contributed by atoms with van der Waals surface area (Å²) in [4.78, 5) is 22.9. The summed E-state index contributed by atoms with van der Waals surface area (Å²) in [5, 5.41) is 22.0. The van der Waals surface area contributed by atoms with Crippen LogP contribution in [0.5, 0.6) is 5.75 Å². The van der Waals surface area contributed by atoms with Crippen LogP contribution in [0.4, 0.5) is 20.3 Å². The van der Waals surface area contributed by atoms with Gasteiger partial charge < -0.3 is 10.1 Å². The van der Waals surface area contributed by atoms with Gasteiger partial charge in [0, 0.05) is 24.5 Å². The predicted molar refractivity (Wildman–Crippen MR) is 117 cm³/mol. The zero-order valence-electron chi connectivity index (χ0n) is 17.2. The Kier molecular flexibility index (Phi) is 6.50. The van der Waals surface area contributed by atoms with Crippen LogP contribution < -0.4 is 10.1 Å². The van der Waals surface area contributed by atoms with E-state index in [1.807, 2.05) is 0 Å². The second-order valence-electron chi connectivity index (χ2n) is 6.99. The molecule has 0 saturated heterocycles. The topological polar surface area (TPSA) is 117 Å². The van der Waals surface area contributed by atoms with Crippen molar-refractivity contribution < 1.29 is 23.2 Å². The lowest BCUT2D eigenvalue weighted by Gasteiger charge is -2.07. The first-order valence-corrected chi connectivity index (χ1v) is 10.1. The van der Waals surface area contributed by atoms with Gasteiger partial charge in [-0.3, -0.25) is 19.6 Å². The van der Waals surface area contributed by atoms with E-state index in [1.54, 1.807) is 12.1 Å². The van der Waals surface area contributed by atoms with Crippen LogP contribution in [0.15, 0.2) is 60.9 Å². The molecule has 13 heteroatoms. The lowest BCUT2D eigenvalue weighted by atomic mass is 10.2. The minimum Gasteiger partial charge on any atom is -0.464 e. The van der Waals surface area contributed by atoms with Gasteiger partial charge in [-0.15, -0.1) is 0 Å². The first kappa shape index (κ1) is 22.9. The van der Waals surface area contributed by atoms with Crippen LogP contribution >= 0.6 is 11.6 Å². The van der Waals surface area contributed by atoms with E-state index in [1.165, 1.54) is 40.0 Å². The van der Waals surface area contributed by atoms with E-state index >= 15 is 0 Å². The number of nitro benzene ring substituents is 1. The number of nitro groups is 1. The van der Waals surface area contributed by atoms with Gasteiger partial charge in [0.15, 0.2) is 18.2 Å². The van der Waals surface area contributed by atoms with Crippen LogP contribution in [0, 0.1) is 21.7 Å². The molecule has 0 radical (unpaired) electrons. The summed E-state index contributed by atoms with van der Waals surface area (Å²) in [6.07, 6.45) is 2.92. The van der Waals surface area contributed by atoms with E-state index in [0.29, 0.717) is 6.54 Å². The Hall–Kier alpha value is -4.32. The Morgan fingerprint density at radius 3 is 2.56 bits per heavy atom. The fourth-order valence-corrected chi connectivity index (χ4v) is 3.15. The van der Waals surface area contributed by atoms with Gasteiger partial charge in [0.05, 0.1) is 11.5 Å². The van der Waals surface area contributed by atoms with Crippen LogP contribution in [0.2, 0.25) is 5.02 Å². The number of rotatable bonds is 8. The van der Waals surface area contributed by atoms with Crippen molar-refractivity contribution in [3.8, 4) is 5.75 Å². The van der Waals surface area contributed by atoms with Crippen molar-refractivity contribution in [3.05, 3.63) is 99.0 Å². The molecule has 0 aliphatic rings. The lowest BCUT2D eigenvalue weighted by Crippen LogP contribution is -2.15. The average Bonchev–Trinajstić information content (AvgIpc) is 3.40. The average molecular weight is 489 g/mol. The monoisotopic (exact) mass is 488 g/mol. The van der Waals surface area contributed by atoms with Gasteiger partial charge in [-0.1, -0.05) is 23.7 Å². The molecule has 0 bridgehead atoms. The fourth-order valence-electron chi connectivity index (χ4n) is 2.96. The Morgan fingerprint density at radius 2 is 1.82 bits per heavy atom. The summed E-state index contributed by atoms with van der Waals surface area (Å²) >= 11 is 6.15. The summed E-state index contributed by atoms with van der Waals surface area (Å²) in [6, 6.07) is 10.1. The van der Waals surface area contributed by atoms with Crippen molar-refractivity contribution in [2.75, 3.05) is 5.32 Å². The minimum absolute atomic E-state index is 0.00138. The molecule has 1 amide bonds. The molecule has 2 aromatic carbocycles. The standard InChI is InChI=1S/C21H15ClF2N6O4/c22-16-11-29(10-13-1-3-14(23)4-2-13)27-20(16)25-21(31)17-7-8-28(26-17)12-34-19-9-15(24)5-6-18(19)30(32)33/h1-9,11H,10,12H2,(H,25,27,31). The number of nitrogens with one attached hydrogen (secondary N) is 1. The van der Waals surface area contributed by atoms with Gasteiger partial charge in [0.25, 0.3) is 5.91 Å². The molecule has 0 spiro atoms. The second-order valence-corrected chi connectivity index (χ2v) is 7.39. The smallest absolute Gasteiger partial charge is 0.311 e. The minimum atomic E-state index is -0.699. The maximum absolute atomic E-state index is 13.4. The summed E-state index contributed by atoms with van der Waals surface area (Å²) in [6.45, 7) is 0.0126. The Bertz CT molecular complexity index is 1360. The van der Waals surface area contributed by atoms with Crippen molar-refractivity contribution in [2.24, 2.45) is 0 Å². The summed E-state index contributed by atoms with van der Waals surface area (Å²) < 4.78 is 34.5. The van der Waals surface area contributed by atoms with E-state index in [9.17, 15) is 23.7 Å². The lowest BCUT2D eigenvalue weighted by molar-refractivity contribution is -0.386. The van der Waals surface area contributed by atoms with Gasteiger partial charge in [0.1, 0.15) is 16.7 Å². The van der Waals surface area contributed by atoms with Gasteiger partial charge in [-0.25, -0.2) is 13.5 Å². The number of amides is 1. The van der Waals surface area contributed by atoms with Crippen LogP contribution in [0.1, 0.15) is 16.1 Å². The molecule has 0 atom stereocenters. The number of benzene rings is 2. The number of hydrogen-bond donors (Lipinski definition) is 1. The number of carbonyl (C=O) groups excluding carboxylic acids is 1. The molecule has 34 heavy (non-hydrogen) atoms. The second kappa shape index (κ2) is 9.67. The quantitative estimate of drug-likeness (QED) is 0.292. The molecule has 2 aromatic heterocycles. The molecule has 1 N–H and O–H groups in total. The highest BCUT2D eigenvalue weighted by Gasteiger charge is 2.18. The third-order valence-corrected chi connectivity index (χ3v) is 4.83. The Balaban J connectivity index is 1.39. The van der Waals surface area contributed by atoms with Crippen LogP contribution in [-0.2, 0) is 13.3 Å². The third-order valence-electron chi connectivity index (χ3n) is 4.55. The number of hydrogen-bond acceptors (Lipinski definition) is 6. The van der Waals surface area contributed by atoms with Gasteiger partial charge in [-0.2, -0.15) is 10.2 Å². The van der Waals surface area contributed by atoms with Crippen molar-refractivity contribution in [3.63, 3.8) is 0 Å². The molecule has 0 unspecified atom stereocenters. The zero-order valence-corrected chi connectivity index (χ0v) is 17.9. The van der Waals surface area contributed by atoms with E-state index in [2.05, 4.69) is 15.5 Å². The first-order valence-electron chi connectivity index (χ1n) is 9.67. The Labute approximate surface area is 195 Å². The zero-order chi connectivity index (χ0) is 24.2. The van der Waals surface area contributed by atoms with Gasteiger partial charge in [0.2, 0.25) is 5.75 Å². The summed E-state index contributed by atoms with van der Waals surface area (Å²) in [7, 11) is 0. The maximum Gasteiger partial charge on any atom is 0.311 e. The molecule has 0 aliphatic heterocycles. The Morgan fingerprint density at radius 1 is 1.09 bits per heavy atom. The number of anilines is 1. The number of ether oxygens (including phenoxy) is 1. The summed E-state index contributed by atoms with van der Waals surface area (Å²) in [5.74, 6) is -1.82. The predicted octanol–water partition coefficient (Wildman–Crippen LogP) is 4.26. The van der Waals surface area contributed by atoms with Crippen molar-refractivity contribution >= 4 is 29.0 Å². The molecule has 0 aliphatic carbocycles. The number of carbonyl (C=O) groups is 1. The molecule has 4 aromatic rings. The molecule has 4 rings (SSSR count). The molecular formula is C21H15ClF2N6O4. The molecule has 0 fully saturated rings. The van der Waals surface area contributed by atoms with Crippen molar-refractivity contribution in [1.82, 2.24) is 19.6 Å². The number of halogens is 3. The molecule has 174 valence electrons. The molecule has 2 heterocycles. The van der Waals surface area contributed by atoms with Gasteiger partial charge >= 0.3 is 5.69 Å². The highest BCUT2D eigenvalue weighted by molar-refractivity contribution is 6.33. The van der Waals surface area contributed by atoms with E-state index in [4.69, 9.17) is 16.3 Å². The van der Waals surface area contributed by atoms with Crippen molar-refractivity contribution in [1.29, 1.82) is 0 Å². The molecular weight excluding hydrogens is 474 g/mol. The molecule has 10 nitrogen and oxygen atoms in total. The number of nitrogens with zero attached hydrogens (tertiary/aromatic N) is 5. The van der Waals surface area contributed by atoms with Crippen LogP contribution in [-0.4, -0.2) is 30.4 Å². The van der Waals surface area contributed by atoms with Gasteiger partial charge in [-0.05, 0) is 29.8 Å². The highest BCUT2D eigenvalue weighted by atomic mass is 35.5. The SMILES string of the molecule is O=C(Nc1nn(Cc2ccc(F)cc2)cc1Cl)c1ccn(COc2cc(F)ccc2[N+](=O)[O-])n1. The largest absolute Gasteiger partial charge is 0.464 e. The highest BCUT2D eigenvalue weighted by Crippen LogP contribution is 2.27. The van der Waals surface area contributed by atoms with E-state index < -0.39 is 22.3 Å². The normalized spacial score (nSPS) is 10.8. The number of aromatic nitrogens is 4. The van der Waals surface area contributed by atoms with Crippen LogP contribution in [0.25, 0.3) is 0 Å². The third kappa shape index (κ3) is 5.35. The fraction of sp³-hybridized carbons (Fsp3) is 0.0952. The first-order chi connectivity index (χ1) is 16.3. The van der Waals surface area contributed by atoms with Crippen LogP contribution in [0.3, 0.4) is 0 Å². The van der Waals surface area contributed by atoms with E-state index in [0.717, 1.165) is 23.8 Å². The maximum atomic E-state index is 13.4. The summed E-state index contributed by atoms with van der Waals surface area (Å²) in [5.41, 5.74) is 0.384. The van der Waals surface area contributed by atoms with Crippen molar-refractivity contribution in [2.45, 2.75) is 13.3 Å².